The highest BCUT2D eigenvalue weighted by Gasteiger charge is 2.41. The molecule has 0 unspecified atom stereocenters. The number of halogens is 5. The molecule has 152 valence electrons. The number of carboxylic acid groups (broad SMARTS) is 1. The van der Waals surface area contributed by atoms with E-state index in [4.69, 9.17) is 28.3 Å². The number of hydrogen-bond donors (Lipinski definition) is 3. The van der Waals surface area contributed by atoms with Crippen molar-refractivity contribution in [3.63, 3.8) is 0 Å². The van der Waals surface area contributed by atoms with Gasteiger partial charge in [-0.1, -0.05) is 35.3 Å². The van der Waals surface area contributed by atoms with E-state index in [-0.39, 0.29) is 30.8 Å². The van der Waals surface area contributed by atoms with Gasteiger partial charge >= 0.3 is 12.1 Å². The first-order valence-corrected chi connectivity index (χ1v) is 9.13. The summed E-state index contributed by atoms with van der Waals surface area (Å²) in [4.78, 5) is 10.5. The zero-order chi connectivity index (χ0) is 20.9. The third kappa shape index (κ3) is 6.29. The lowest BCUT2D eigenvalue weighted by Crippen LogP contribution is -2.28. The molecular weight excluding hydrogens is 416 g/mol. The number of rotatable bonds is 8. The van der Waals surface area contributed by atoms with Gasteiger partial charge in [0.2, 0.25) is 0 Å². The van der Waals surface area contributed by atoms with Crippen LogP contribution in [0.1, 0.15) is 29.2 Å². The fourth-order valence-electron chi connectivity index (χ4n) is 2.59. The van der Waals surface area contributed by atoms with E-state index in [0.717, 1.165) is 0 Å². The zero-order valence-electron chi connectivity index (χ0n) is 14.9. The van der Waals surface area contributed by atoms with Crippen molar-refractivity contribution in [2.24, 2.45) is 0 Å². The predicted molar refractivity (Wildman–Crippen MR) is 104 cm³/mol. The van der Waals surface area contributed by atoms with Crippen LogP contribution in [0.5, 0.6) is 0 Å². The van der Waals surface area contributed by atoms with Gasteiger partial charge < -0.3 is 15.7 Å². The van der Waals surface area contributed by atoms with Crippen LogP contribution in [0.3, 0.4) is 0 Å². The van der Waals surface area contributed by atoms with E-state index in [1.54, 1.807) is 6.92 Å². The van der Waals surface area contributed by atoms with Gasteiger partial charge in [0, 0.05) is 28.8 Å². The van der Waals surface area contributed by atoms with E-state index < -0.39 is 18.2 Å². The van der Waals surface area contributed by atoms with Crippen molar-refractivity contribution in [2.75, 3.05) is 11.9 Å². The minimum atomic E-state index is -4.53. The van der Waals surface area contributed by atoms with Gasteiger partial charge in [-0.15, -0.1) is 0 Å². The molecule has 0 aliphatic rings. The summed E-state index contributed by atoms with van der Waals surface area (Å²) >= 11 is 12.0. The van der Waals surface area contributed by atoms with E-state index in [0.29, 0.717) is 21.2 Å². The molecule has 28 heavy (non-hydrogen) atoms. The summed E-state index contributed by atoms with van der Waals surface area (Å²) in [6, 6.07) is 6.73. The summed E-state index contributed by atoms with van der Waals surface area (Å²) in [5.74, 6) is -0.944. The van der Waals surface area contributed by atoms with Crippen LogP contribution in [0, 0.1) is 6.92 Å². The molecule has 0 fully saturated rings. The number of carbonyl (C=O) groups is 1. The summed E-state index contributed by atoms with van der Waals surface area (Å²) in [6.45, 7) is 2.10. The molecule has 0 aromatic heterocycles. The number of hydrogen-bond acceptors (Lipinski definition) is 3. The summed E-state index contributed by atoms with van der Waals surface area (Å²) in [7, 11) is 0. The van der Waals surface area contributed by atoms with E-state index in [2.05, 4.69) is 10.6 Å². The highest BCUT2D eigenvalue weighted by Crippen LogP contribution is 2.37. The Balaban J connectivity index is 2.21. The van der Waals surface area contributed by atoms with Gasteiger partial charge in [-0.25, -0.2) is 0 Å². The number of nitrogens with one attached hydrogen (secondary N) is 2. The Morgan fingerprint density at radius 2 is 1.82 bits per heavy atom. The van der Waals surface area contributed by atoms with Crippen LogP contribution in [0.25, 0.3) is 0 Å². The Morgan fingerprint density at radius 1 is 1.14 bits per heavy atom. The first-order chi connectivity index (χ1) is 13.1. The van der Waals surface area contributed by atoms with Crippen molar-refractivity contribution < 1.29 is 23.1 Å². The van der Waals surface area contributed by atoms with E-state index in [9.17, 15) is 18.0 Å². The van der Waals surface area contributed by atoms with Gasteiger partial charge in [0.05, 0.1) is 6.42 Å². The predicted octanol–water partition coefficient (Wildman–Crippen LogP) is 5.58. The van der Waals surface area contributed by atoms with E-state index in [1.165, 1.54) is 36.4 Å². The highest BCUT2D eigenvalue weighted by atomic mass is 35.5. The maximum Gasteiger partial charge on any atom is 0.412 e. The van der Waals surface area contributed by atoms with Crippen LogP contribution in [-0.2, 0) is 11.3 Å². The van der Waals surface area contributed by atoms with Gasteiger partial charge in [0.15, 0.2) is 0 Å². The van der Waals surface area contributed by atoms with Crippen molar-refractivity contribution in [1.29, 1.82) is 0 Å². The molecule has 0 amide bonds. The molecule has 0 saturated heterocycles. The zero-order valence-corrected chi connectivity index (χ0v) is 16.4. The average molecular weight is 435 g/mol. The molecule has 2 aromatic carbocycles. The number of carboxylic acids is 1. The third-order valence-corrected chi connectivity index (χ3v) is 4.82. The monoisotopic (exact) mass is 434 g/mol. The van der Waals surface area contributed by atoms with Gasteiger partial charge in [0.1, 0.15) is 6.04 Å². The minimum Gasteiger partial charge on any atom is -0.481 e. The Labute approximate surface area is 170 Å². The topological polar surface area (TPSA) is 61.4 Å². The Bertz CT molecular complexity index is 844. The molecule has 0 aliphatic heterocycles. The van der Waals surface area contributed by atoms with E-state index in [1.807, 2.05) is 0 Å². The Kier molecular flexibility index (Phi) is 7.57. The van der Waals surface area contributed by atoms with Crippen molar-refractivity contribution in [1.82, 2.24) is 5.32 Å². The quantitative estimate of drug-likeness (QED) is 0.474. The number of aliphatic carboxylic acids is 1. The maximum atomic E-state index is 13.6. The summed E-state index contributed by atoms with van der Waals surface area (Å²) < 4.78 is 40.9. The van der Waals surface area contributed by atoms with Crippen molar-refractivity contribution >= 4 is 34.9 Å². The molecule has 9 heteroatoms. The minimum absolute atomic E-state index is 0.0467. The second kappa shape index (κ2) is 9.49. The lowest BCUT2D eigenvalue weighted by atomic mass is 10.0. The summed E-state index contributed by atoms with van der Waals surface area (Å²) in [5.41, 5.74) is 1.40. The van der Waals surface area contributed by atoms with Crippen LogP contribution in [0.4, 0.5) is 18.9 Å². The number of aryl methyl sites for hydroxylation is 1. The van der Waals surface area contributed by atoms with Crippen molar-refractivity contribution in [2.45, 2.75) is 32.1 Å². The fourth-order valence-corrected chi connectivity index (χ4v) is 2.89. The third-order valence-electron chi connectivity index (χ3n) is 4.03. The molecular formula is C19H19Cl2F3N2O2. The number of benzene rings is 2. The van der Waals surface area contributed by atoms with Crippen molar-refractivity contribution in [3.05, 3.63) is 63.1 Å². The highest BCUT2D eigenvalue weighted by molar-refractivity contribution is 6.31. The normalized spacial score (nSPS) is 12.6. The van der Waals surface area contributed by atoms with E-state index >= 15 is 0 Å². The SMILES string of the molecule is Cc1cc([C@H](Nc2ccc(Cl)c(CNCCC(=O)O)c2)C(F)(F)F)ccc1Cl. The van der Waals surface area contributed by atoms with Crippen LogP contribution < -0.4 is 10.6 Å². The van der Waals surface area contributed by atoms with Gasteiger partial charge in [0.25, 0.3) is 0 Å². The molecule has 0 bridgehead atoms. The summed E-state index contributed by atoms with van der Waals surface area (Å²) in [6.07, 6.45) is -4.60. The first-order valence-electron chi connectivity index (χ1n) is 8.38. The van der Waals surface area contributed by atoms with Crippen LogP contribution in [0.15, 0.2) is 36.4 Å². The standard InChI is InChI=1S/C19H19Cl2F3N2O2/c1-11-8-12(2-4-15(11)20)18(19(22,23)24)26-14-3-5-16(21)13(9-14)10-25-7-6-17(27)28/h2-5,8-9,18,25-26H,6-7,10H2,1H3,(H,27,28)/t18-/m0/s1. The van der Waals surface area contributed by atoms with Crippen LogP contribution in [0.2, 0.25) is 10.0 Å². The van der Waals surface area contributed by atoms with Gasteiger partial charge in [-0.2, -0.15) is 13.2 Å². The number of anilines is 1. The Hall–Kier alpha value is -1.96. The lowest BCUT2D eigenvalue weighted by Gasteiger charge is -2.24. The molecule has 4 nitrogen and oxygen atoms in total. The second-order valence-corrected chi connectivity index (χ2v) is 7.07. The molecule has 0 heterocycles. The summed E-state index contributed by atoms with van der Waals surface area (Å²) in [5, 5.41) is 14.8. The average Bonchev–Trinajstić information content (AvgIpc) is 2.60. The molecule has 0 saturated carbocycles. The van der Waals surface area contributed by atoms with Gasteiger partial charge in [-0.05, 0) is 47.9 Å². The molecule has 0 radical (unpaired) electrons. The largest absolute Gasteiger partial charge is 0.481 e. The Morgan fingerprint density at radius 3 is 2.43 bits per heavy atom. The smallest absolute Gasteiger partial charge is 0.412 e. The van der Waals surface area contributed by atoms with Gasteiger partial charge in [-0.3, -0.25) is 4.79 Å². The molecule has 1 atom stereocenters. The first kappa shape index (κ1) is 22.3. The fraction of sp³-hybridized carbons (Fsp3) is 0.316. The molecule has 2 aromatic rings. The molecule has 2 rings (SSSR count). The lowest BCUT2D eigenvalue weighted by molar-refractivity contribution is -0.144. The second-order valence-electron chi connectivity index (χ2n) is 6.25. The van der Waals surface area contributed by atoms with Crippen molar-refractivity contribution in [3.8, 4) is 0 Å². The number of alkyl halides is 3. The van der Waals surface area contributed by atoms with Crippen LogP contribution >= 0.6 is 23.2 Å². The molecule has 0 spiro atoms. The maximum absolute atomic E-state index is 13.6. The molecule has 3 N–H and O–H groups in total. The molecule has 0 aliphatic carbocycles. The van der Waals surface area contributed by atoms with Crippen LogP contribution in [-0.4, -0.2) is 23.8 Å².